The lowest BCUT2D eigenvalue weighted by Crippen LogP contribution is -2.42. The van der Waals surface area contributed by atoms with Crippen LogP contribution in [0.25, 0.3) is 0 Å². The van der Waals surface area contributed by atoms with Crippen LogP contribution in [-0.2, 0) is 10.8 Å². The molecule has 0 amide bonds. The van der Waals surface area contributed by atoms with Crippen molar-refractivity contribution in [2.24, 2.45) is 0 Å². The first-order valence-corrected chi connectivity index (χ1v) is 8.48. The minimum Gasteiger partial charge on any atom is -0.492 e. The van der Waals surface area contributed by atoms with Crippen LogP contribution in [0.1, 0.15) is 38.3 Å². The van der Waals surface area contributed by atoms with E-state index in [1.54, 1.807) is 0 Å². The molecule has 19 heavy (non-hydrogen) atoms. The molecule has 0 radical (unpaired) electrons. The molecule has 4 heteroatoms. The van der Waals surface area contributed by atoms with E-state index in [0.717, 1.165) is 36.5 Å². The van der Waals surface area contributed by atoms with E-state index in [-0.39, 0.29) is 11.3 Å². The van der Waals surface area contributed by atoms with Crippen LogP contribution >= 0.6 is 0 Å². The minimum atomic E-state index is -0.833. The second-order valence-corrected chi connectivity index (χ2v) is 6.64. The van der Waals surface area contributed by atoms with Crippen LogP contribution in [0.2, 0.25) is 0 Å². The fraction of sp³-hybridized carbons (Fsp3) is 0.600. The van der Waals surface area contributed by atoms with E-state index < -0.39 is 10.8 Å². The molecule has 1 heterocycles. The molecule has 2 rings (SSSR count). The van der Waals surface area contributed by atoms with Gasteiger partial charge >= 0.3 is 0 Å². The van der Waals surface area contributed by atoms with Gasteiger partial charge in [0.1, 0.15) is 12.4 Å². The lowest BCUT2D eigenvalue weighted by atomic mass is 10.0. The average Bonchev–Trinajstić information content (AvgIpc) is 2.45. The van der Waals surface area contributed by atoms with Crippen molar-refractivity contribution in [3.05, 3.63) is 29.8 Å². The highest BCUT2D eigenvalue weighted by Gasteiger charge is 2.33. The maximum atomic E-state index is 12.4. The number of unbranched alkanes of at least 4 members (excludes halogenated alkanes) is 1. The summed E-state index contributed by atoms with van der Waals surface area (Å²) in [6.07, 6.45) is 2.10. The van der Waals surface area contributed by atoms with Gasteiger partial charge in [0.05, 0.1) is 11.3 Å². The van der Waals surface area contributed by atoms with Gasteiger partial charge in [-0.05, 0) is 19.0 Å². The molecule has 3 atom stereocenters. The fourth-order valence-corrected chi connectivity index (χ4v) is 4.11. The summed E-state index contributed by atoms with van der Waals surface area (Å²) in [6.45, 7) is 5.64. The van der Waals surface area contributed by atoms with Gasteiger partial charge in [0, 0.05) is 22.1 Å². The van der Waals surface area contributed by atoms with Crippen LogP contribution in [-0.4, -0.2) is 28.4 Å². The number of hydrogen-bond donors (Lipinski definition) is 1. The van der Waals surface area contributed by atoms with Crippen molar-refractivity contribution in [1.82, 2.24) is 5.32 Å². The second-order valence-electron chi connectivity index (χ2n) is 4.86. The molecule has 1 aromatic rings. The van der Waals surface area contributed by atoms with Gasteiger partial charge in [-0.15, -0.1) is 0 Å². The number of ether oxygens (including phenoxy) is 1. The third kappa shape index (κ3) is 3.37. The Morgan fingerprint density at radius 3 is 2.89 bits per heavy atom. The summed E-state index contributed by atoms with van der Waals surface area (Å²) in [4.78, 5) is 0. The van der Waals surface area contributed by atoms with Gasteiger partial charge in [-0.1, -0.05) is 38.5 Å². The van der Waals surface area contributed by atoms with Gasteiger partial charge < -0.3 is 10.1 Å². The van der Waals surface area contributed by atoms with Gasteiger partial charge in [-0.3, -0.25) is 4.21 Å². The quantitative estimate of drug-likeness (QED) is 0.871. The van der Waals surface area contributed by atoms with Crippen LogP contribution in [0.15, 0.2) is 24.3 Å². The molecule has 0 aromatic heterocycles. The molecule has 1 N–H and O–H groups in total. The predicted molar refractivity (Wildman–Crippen MR) is 80.1 cm³/mol. The molecule has 1 aromatic carbocycles. The van der Waals surface area contributed by atoms with Gasteiger partial charge in [0.25, 0.3) is 0 Å². The predicted octanol–water partition coefficient (Wildman–Crippen LogP) is 2.65. The van der Waals surface area contributed by atoms with E-state index in [1.807, 2.05) is 18.2 Å². The average molecular weight is 281 g/mol. The van der Waals surface area contributed by atoms with Gasteiger partial charge in [-0.25, -0.2) is 0 Å². The topological polar surface area (TPSA) is 38.3 Å². The lowest BCUT2D eigenvalue weighted by molar-refractivity contribution is 0.259. The van der Waals surface area contributed by atoms with Crippen LogP contribution in [0, 0.1) is 0 Å². The van der Waals surface area contributed by atoms with Crippen molar-refractivity contribution in [2.75, 3.05) is 18.9 Å². The first-order valence-electron chi connectivity index (χ1n) is 7.10. The number of para-hydroxylation sites is 1. The number of rotatable bonds is 6. The number of benzene rings is 1. The summed E-state index contributed by atoms with van der Waals surface area (Å²) in [6, 6.07) is 8.21. The van der Waals surface area contributed by atoms with Gasteiger partial charge in [-0.2, -0.15) is 0 Å². The zero-order valence-electron chi connectivity index (χ0n) is 11.7. The highest BCUT2D eigenvalue weighted by atomic mass is 32.2. The highest BCUT2D eigenvalue weighted by Crippen LogP contribution is 2.34. The van der Waals surface area contributed by atoms with Gasteiger partial charge in [0.15, 0.2) is 0 Å². The van der Waals surface area contributed by atoms with E-state index in [0.29, 0.717) is 6.61 Å². The molecule has 3 unspecified atom stereocenters. The fourth-order valence-electron chi connectivity index (χ4n) is 2.46. The summed E-state index contributed by atoms with van der Waals surface area (Å²) < 4.78 is 18.2. The lowest BCUT2D eigenvalue weighted by Gasteiger charge is -2.33. The third-order valence-corrected chi connectivity index (χ3v) is 5.26. The number of hydrogen-bond acceptors (Lipinski definition) is 3. The Hall–Kier alpha value is -0.870. The standard InChI is InChI=1S/C15H23NO2S/c1-3-5-10-19(17)14-11-18-13-9-7-6-8-12(13)15(14)16-4-2/h6-9,14-16H,3-5,10-11H2,1-2H3. The van der Waals surface area contributed by atoms with Crippen molar-refractivity contribution in [3.63, 3.8) is 0 Å². The molecule has 3 nitrogen and oxygen atoms in total. The Morgan fingerprint density at radius 2 is 2.16 bits per heavy atom. The second kappa shape index (κ2) is 7.06. The van der Waals surface area contributed by atoms with Crippen molar-refractivity contribution in [1.29, 1.82) is 0 Å². The first-order chi connectivity index (χ1) is 9.27. The smallest absolute Gasteiger partial charge is 0.124 e. The Morgan fingerprint density at radius 1 is 1.37 bits per heavy atom. The molecular weight excluding hydrogens is 258 g/mol. The van der Waals surface area contributed by atoms with E-state index >= 15 is 0 Å². The normalized spacial score (nSPS) is 23.5. The molecule has 106 valence electrons. The zero-order chi connectivity index (χ0) is 13.7. The van der Waals surface area contributed by atoms with Crippen LogP contribution in [0.3, 0.4) is 0 Å². The molecule has 0 aliphatic carbocycles. The van der Waals surface area contributed by atoms with Crippen molar-refractivity contribution in [2.45, 2.75) is 38.0 Å². The van der Waals surface area contributed by atoms with E-state index in [9.17, 15) is 4.21 Å². The number of nitrogens with one attached hydrogen (secondary N) is 1. The van der Waals surface area contributed by atoms with E-state index in [4.69, 9.17) is 4.74 Å². The molecule has 0 saturated carbocycles. The number of fused-ring (bicyclic) bond motifs is 1. The molecule has 1 aliphatic heterocycles. The molecule has 0 spiro atoms. The summed E-state index contributed by atoms with van der Waals surface area (Å²) in [5, 5.41) is 3.53. The summed E-state index contributed by atoms with van der Waals surface area (Å²) in [5.41, 5.74) is 1.14. The third-order valence-electron chi connectivity index (χ3n) is 3.49. The maximum absolute atomic E-state index is 12.4. The van der Waals surface area contributed by atoms with Crippen LogP contribution < -0.4 is 10.1 Å². The minimum absolute atomic E-state index is 0.0569. The molecule has 1 aliphatic rings. The Labute approximate surface area is 118 Å². The summed E-state index contributed by atoms with van der Waals surface area (Å²) in [7, 11) is -0.833. The van der Waals surface area contributed by atoms with E-state index in [2.05, 4.69) is 25.2 Å². The highest BCUT2D eigenvalue weighted by molar-refractivity contribution is 7.85. The van der Waals surface area contributed by atoms with Gasteiger partial charge in [0.2, 0.25) is 0 Å². The van der Waals surface area contributed by atoms with Crippen LogP contribution in [0.4, 0.5) is 0 Å². The zero-order valence-corrected chi connectivity index (χ0v) is 12.5. The van der Waals surface area contributed by atoms with Crippen molar-refractivity contribution >= 4 is 10.8 Å². The molecular formula is C15H23NO2S. The monoisotopic (exact) mass is 281 g/mol. The molecule has 0 bridgehead atoms. The largest absolute Gasteiger partial charge is 0.492 e. The Kier molecular flexibility index (Phi) is 5.40. The summed E-state index contributed by atoms with van der Waals surface area (Å²) >= 11 is 0. The summed E-state index contributed by atoms with van der Waals surface area (Å²) in [5.74, 6) is 1.70. The Bertz CT molecular complexity index is 436. The van der Waals surface area contributed by atoms with Crippen molar-refractivity contribution in [3.8, 4) is 5.75 Å². The maximum Gasteiger partial charge on any atom is 0.124 e. The molecule has 0 saturated heterocycles. The SMILES string of the molecule is CCCCS(=O)C1COc2ccccc2C1NCC. The first kappa shape index (κ1) is 14.5. The van der Waals surface area contributed by atoms with Crippen molar-refractivity contribution < 1.29 is 8.95 Å². The Balaban J connectivity index is 2.19. The molecule has 0 fully saturated rings. The van der Waals surface area contributed by atoms with E-state index in [1.165, 1.54) is 0 Å². The van der Waals surface area contributed by atoms with Crippen LogP contribution in [0.5, 0.6) is 5.75 Å².